The zero-order valence-corrected chi connectivity index (χ0v) is 11.8. The van der Waals surface area contributed by atoms with Crippen molar-refractivity contribution < 1.29 is 4.74 Å². The van der Waals surface area contributed by atoms with Gasteiger partial charge in [0.15, 0.2) is 0 Å². The van der Waals surface area contributed by atoms with E-state index >= 15 is 0 Å². The Morgan fingerprint density at radius 2 is 2.10 bits per heavy atom. The van der Waals surface area contributed by atoms with Gasteiger partial charge in [0.05, 0.1) is 17.4 Å². The maximum absolute atomic E-state index is 5.87. The lowest BCUT2D eigenvalue weighted by atomic mass is 10.2. The summed E-state index contributed by atoms with van der Waals surface area (Å²) in [6.45, 7) is 3.62. The molecule has 0 spiro atoms. The zero-order chi connectivity index (χ0) is 14.5. The van der Waals surface area contributed by atoms with Crippen molar-refractivity contribution in [1.29, 1.82) is 0 Å². The number of nitrogens with zero attached hydrogens (tertiary/aromatic N) is 3. The van der Waals surface area contributed by atoms with Gasteiger partial charge in [-0.05, 0) is 30.8 Å². The highest BCUT2D eigenvalue weighted by Crippen LogP contribution is 2.27. The molecular formula is C16H16N4O. The first-order valence-electron chi connectivity index (χ1n) is 6.90. The number of aromatic nitrogens is 3. The predicted octanol–water partition coefficient (Wildman–Crippen LogP) is 2.93. The van der Waals surface area contributed by atoms with Crippen LogP contribution in [0, 0.1) is 0 Å². The Bertz CT molecular complexity index is 740. The summed E-state index contributed by atoms with van der Waals surface area (Å²) in [5.41, 5.74) is 1.75. The summed E-state index contributed by atoms with van der Waals surface area (Å²) in [6, 6.07) is 9.65. The van der Waals surface area contributed by atoms with E-state index in [2.05, 4.69) is 27.2 Å². The summed E-state index contributed by atoms with van der Waals surface area (Å²) in [4.78, 5) is 12.9. The molecule has 106 valence electrons. The third-order valence-corrected chi connectivity index (χ3v) is 3.04. The Kier molecular flexibility index (Phi) is 4.02. The number of hydrogen-bond donors (Lipinski definition) is 1. The Labute approximate surface area is 123 Å². The number of rotatable bonds is 5. The first-order chi connectivity index (χ1) is 10.4. The van der Waals surface area contributed by atoms with Crippen LogP contribution in [0.2, 0.25) is 0 Å². The molecule has 2 heterocycles. The van der Waals surface area contributed by atoms with E-state index in [1.54, 1.807) is 18.6 Å². The fourth-order valence-corrected chi connectivity index (χ4v) is 2.05. The topological polar surface area (TPSA) is 59.9 Å². The van der Waals surface area contributed by atoms with Crippen LogP contribution in [-0.2, 0) is 6.54 Å². The first kappa shape index (κ1) is 13.5. The van der Waals surface area contributed by atoms with E-state index in [9.17, 15) is 0 Å². The van der Waals surface area contributed by atoms with Crippen molar-refractivity contribution in [3.05, 3.63) is 54.6 Å². The molecule has 1 N–H and O–H groups in total. The molecule has 5 heteroatoms. The van der Waals surface area contributed by atoms with E-state index in [0.29, 0.717) is 12.4 Å². The van der Waals surface area contributed by atoms with Crippen LogP contribution in [0.15, 0.2) is 48.9 Å². The van der Waals surface area contributed by atoms with Gasteiger partial charge in [0.2, 0.25) is 5.88 Å². The summed E-state index contributed by atoms with van der Waals surface area (Å²) in [7, 11) is 0. The highest BCUT2D eigenvalue weighted by molar-refractivity contribution is 5.85. The average Bonchev–Trinajstić information content (AvgIpc) is 2.54. The van der Waals surface area contributed by atoms with Gasteiger partial charge >= 0.3 is 0 Å². The zero-order valence-electron chi connectivity index (χ0n) is 11.8. The molecular weight excluding hydrogens is 264 g/mol. The Morgan fingerprint density at radius 3 is 3.00 bits per heavy atom. The van der Waals surface area contributed by atoms with Gasteiger partial charge in [-0.1, -0.05) is 13.0 Å². The van der Waals surface area contributed by atoms with Gasteiger partial charge in [-0.3, -0.25) is 9.97 Å². The van der Waals surface area contributed by atoms with E-state index in [0.717, 1.165) is 28.9 Å². The number of pyridine rings is 1. The van der Waals surface area contributed by atoms with Crippen LogP contribution < -0.4 is 10.1 Å². The van der Waals surface area contributed by atoms with Crippen LogP contribution in [0.4, 0.5) is 0 Å². The highest BCUT2D eigenvalue weighted by Gasteiger charge is 2.05. The molecule has 21 heavy (non-hydrogen) atoms. The van der Waals surface area contributed by atoms with Crippen molar-refractivity contribution in [3.63, 3.8) is 0 Å². The van der Waals surface area contributed by atoms with Crippen LogP contribution >= 0.6 is 0 Å². The molecule has 3 aromatic rings. The third kappa shape index (κ3) is 3.14. The van der Waals surface area contributed by atoms with Gasteiger partial charge in [0.25, 0.3) is 0 Å². The first-order valence-corrected chi connectivity index (χ1v) is 6.90. The largest absolute Gasteiger partial charge is 0.437 e. The van der Waals surface area contributed by atoms with Crippen molar-refractivity contribution in [2.75, 3.05) is 6.54 Å². The van der Waals surface area contributed by atoms with E-state index in [1.165, 1.54) is 0 Å². The summed E-state index contributed by atoms with van der Waals surface area (Å²) < 4.78 is 5.87. The van der Waals surface area contributed by atoms with Gasteiger partial charge < -0.3 is 10.1 Å². The minimum atomic E-state index is 0.488. The quantitative estimate of drug-likeness (QED) is 0.778. The number of hydrogen-bond acceptors (Lipinski definition) is 5. The average molecular weight is 280 g/mol. The second kappa shape index (κ2) is 6.28. The van der Waals surface area contributed by atoms with Crippen molar-refractivity contribution in [3.8, 4) is 11.6 Å². The third-order valence-electron chi connectivity index (χ3n) is 3.04. The van der Waals surface area contributed by atoms with Crippen LogP contribution in [0.5, 0.6) is 11.6 Å². The molecule has 0 aliphatic carbocycles. The van der Waals surface area contributed by atoms with Crippen LogP contribution in [0.1, 0.15) is 12.6 Å². The van der Waals surface area contributed by atoms with Crippen molar-refractivity contribution in [1.82, 2.24) is 20.3 Å². The van der Waals surface area contributed by atoms with Crippen LogP contribution in [-0.4, -0.2) is 21.5 Å². The maximum Gasteiger partial charge on any atom is 0.238 e. The molecule has 0 aliphatic heterocycles. The molecule has 0 saturated heterocycles. The fourth-order valence-electron chi connectivity index (χ4n) is 2.05. The van der Waals surface area contributed by atoms with E-state index < -0.39 is 0 Å². The molecule has 0 amide bonds. The SMILES string of the molecule is CCNCc1cncc(Oc2cccc3ncccc23)n1. The van der Waals surface area contributed by atoms with E-state index in [1.807, 2.05) is 30.3 Å². The number of nitrogens with one attached hydrogen (secondary N) is 1. The molecule has 0 saturated carbocycles. The van der Waals surface area contributed by atoms with Gasteiger partial charge in [-0.2, -0.15) is 0 Å². The van der Waals surface area contributed by atoms with Gasteiger partial charge in [-0.15, -0.1) is 0 Å². The second-order valence-electron chi connectivity index (χ2n) is 4.56. The summed E-state index contributed by atoms with van der Waals surface area (Å²) >= 11 is 0. The van der Waals surface area contributed by atoms with E-state index in [4.69, 9.17) is 4.74 Å². The lowest BCUT2D eigenvalue weighted by Crippen LogP contribution is -2.13. The number of ether oxygens (including phenoxy) is 1. The Hall–Kier alpha value is -2.53. The molecule has 1 aromatic carbocycles. The summed E-state index contributed by atoms with van der Waals surface area (Å²) in [5.74, 6) is 1.22. The maximum atomic E-state index is 5.87. The van der Waals surface area contributed by atoms with E-state index in [-0.39, 0.29) is 0 Å². The molecule has 2 aromatic heterocycles. The van der Waals surface area contributed by atoms with Gasteiger partial charge in [-0.25, -0.2) is 4.98 Å². The van der Waals surface area contributed by atoms with Gasteiger partial charge in [0.1, 0.15) is 5.75 Å². The minimum absolute atomic E-state index is 0.488. The fraction of sp³-hybridized carbons (Fsp3) is 0.188. The minimum Gasteiger partial charge on any atom is -0.437 e. The highest BCUT2D eigenvalue weighted by atomic mass is 16.5. The molecule has 5 nitrogen and oxygen atoms in total. The lowest BCUT2D eigenvalue weighted by Gasteiger charge is -2.08. The molecule has 0 aliphatic rings. The number of fused-ring (bicyclic) bond motifs is 1. The standard InChI is InChI=1S/C16H16N4O/c1-2-17-9-12-10-18-11-16(20-12)21-15-7-3-6-14-13(15)5-4-8-19-14/h3-8,10-11,17H,2,9H2,1H3. The second-order valence-corrected chi connectivity index (χ2v) is 4.56. The van der Waals surface area contributed by atoms with Crippen LogP contribution in [0.25, 0.3) is 10.9 Å². The molecule has 0 atom stereocenters. The monoisotopic (exact) mass is 280 g/mol. The van der Waals surface area contributed by atoms with Crippen molar-refractivity contribution >= 4 is 10.9 Å². The number of benzene rings is 1. The summed E-state index contributed by atoms with van der Waals surface area (Å²) in [6.07, 6.45) is 5.12. The molecule has 0 unspecified atom stereocenters. The lowest BCUT2D eigenvalue weighted by molar-refractivity contribution is 0.461. The molecule has 0 fully saturated rings. The smallest absolute Gasteiger partial charge is 0.238 e. The normalized spacial score (nSPS) is 10.7. The van der Waals surface area contributed by atoms with Gasteiger partial charge in [0, 0.05) is 24.3 Å². The van der Waals surface area contributed by atoms with Crippen molar-refractivity contribution in [2.24, 2.45) is 0 Å². The predicted molar refractivity (Wildman–Crippen MR) is 81.2 cm³/mol. The summed E-state index contributed by atoms with van der Waals surface area (Å²) in [5, 5.41) is 4.17. The molecule has 3 rings (SSSR count). The Balaban J connectivity index is 1.88. The Morgan fingerprint density at radius 1 is 1.14 bits per heavy atom. The van der Waals surface area contributed by atoms with Crippen molar-refractivity contribution in [2.45, 2.75) is 13.5 Å². The van der Waals surface area contributed by atoms with Crippen LogP contribution in [0.3, 0.4) is 0 Å². The molecule has 0 radical (unpaired) electrons. The molecule has 0 bridgehead atoms.